The monoisotopic (exact) mass is 224 g/mol. The van der Waals surface area contributed by atoms with E-state index in [0.29, 0.717) is 0 Å². The van der Waals surface area contributed by atoms with Crippen molar-refractivity contribution in [1.29, 1.82) is 0 Å². The molecule has 0 fully saturated rings. The third-order valence-corrected chi connectivity index (χ3v) is 2.71. The fourth-order valence-electron chi connectivity index (χ4n) is 1.84. The Morgan fingerprint density at radius 1 is 1.18 bits per heavy atom. The van der Waals surface area contributed by atoms with Gasteiger partial charge in [-0.1, -0.05) is 6.07 Å². The smallest absolute Gasteiger partial charge is 0.163 e. The lowest BCUT2D eigenvalue weighted by Crippen LogP contribution is -1.93. The lowest BCUT2D eigenvalue weighted by atomic mass is 10.3. The van der Waals surface area contributed by atoms with Crippen LogP contribution in [0.1, 0.15) is 0 Å². The zero-order valence-electron chi connectivity index (χ0n) is 9.46. The average Bonchev–Trinajstić information content (AvgIpc) is 2.82. The van der Waals surface area contributed by atoms with Gasteiger partial charge in [0.1, 0.15) is 5.69 Å². The SMILES string of the molecule is CNc1ccn2c(-c3ccccn3)ncc2c1. The summed E-state index contributed by atoms with van der Waals surface area (Å²) in [4.78, 5) is 8.73. The maximum Gasteiger partial charge on any atom is 0.163 e. The summed E-state index contributed by atoms with van der Waals surface area (Å²) < 4.78 is 2.03. The Balaban J connectivity index is 2.19. The molecule has 0 radical (unpaired) electrons. The van der Waals surface area contributed by atoms with Gasteiger partial charge in [-0.2, -0.15) is 0 Å². The first-order valence-electron chi connectivity index (χ1n) is 5.45. The Morgan fingerprint density at radius 2 is 2.12 bits per heavy atom. The first kappa shape index (κ1) is 9.84. The van der Waals surface area contributed by atoms with Crippen LogP contribution in [0, 0.1) is 0 Å². The molecule has 0 saturated carbocycles. The highest BCUT2D eigenvalue weighted by molar-refractivity contribution is 5.63. The number of nitrogens with zero attached hydrogens (tertiary/aromatic N) is 3. The van der Waals surface area contributed by atoms with Crippen molar-refractivity contribution in [3.8, 4) is 11.5 Å². The van der Waals surface area contributed by atoms with Gasteiger partial charge in [0.05, 0.1) is 11.7 Å². The van der Waals surface area contributed by atoms with E-state index in [9.17, 15) is 0 Å². The number of aromatic nitrogens is 3. The van der Waals surface area contributed by atoms with E-state index >= 15 is 0 Å². The van der Waals surface area contributed by atoms with E-state index in [2.05, 4.69) is 21.4 Å². The summed E-state index contributed by atoms with van der Waals surface area (Å²) in [6, 6.07) is 9.89. The first-order chi connectivity index (χ1) is 8.38. The molecule has 4 nitrogen and oxygen atoms in total. The highest BCUT2D eigenvalue weighted by Gasteiger charge is 2.06. The van der Waals surface area contributed by atoms with Crippen LogP contribution in [0.25, 0.3) is 17.0 Å². The topological polar surface area (TPSA) is 42.2 Å². The maximum atomic E-state index is 4.41. The van der Waals surface area contributed by atoms with Gasteiger partial charge in [-0.25, -0.2) is 4.98 Å². The third kappa shape index (κ3) is 1.63. The molecule has 0 bridgehead atoms. The summed E-state index contributed by atoms with van der Waals surface area (Å²) >= 11 is 0. The van der Waals surface area contributed by atoms with Crippen LogP contribution >= 0.6 is 0 Å². The molecule has 0 aliphatic rings. The van der Waals surface area contributed by atoms with Crippen LogP contribution in [0.3, 0.4) is 0 Å². The molecule has 0 amide bonds. The lowest BCUT2D eigenvalue weighted by molar-refractivity contribution is 1.13. The standard InChI is InChI=1S/C13H12N4/c1-14-10-5-7-17-11(8-10)9-16-13(17)12-4-2-3-6-15-12/h2-9,14H,1H3. The van der Waals surface area contributed by atoms with Crippen molar-refractivity contribution in [2.24, 2.45) is 0 Å². The van der Waals surface area contributed by atoms with Crippen LogP contribution in [0.5, 0.6) is 0 Å². The molecule has 1 N–H and O–H groups in total. The van der Waals surface area contributed by atoms with Gasteiger partial charge < -0.3 is 5.32 Å². The van der Waals surface area contributed by atoms with Gasteiger partial charge in [-0.05, 0) is 24.3 Å². The molecular weight excluding hydrogens is 212 g/mol. The molecule has 0 unspecified atom stereocenters. The summed E-state index contributed by atoms with van der Waals surface area (Å²) in [5.41, 5.74) is 3.01. The molecule has 3 aromatic rings. The molecule has 17 heavy (non-hydrogen) atoms. The summed E-state index contributed by atoms with van der Waals surface area (Å²) in [6.07, 6.45) is 5.63. The van der Waals surface area contributed by atoms with Gasteiger partial charge in [0.2, 0.25) is 0 Å². The maximum absolute atomic E-state index is 4.41. The first-order valence-corrected chi connectivity index (χ1v) is 5.45. The molecule has 0 atom stereocenters. The summed E-state index contributed by atoms with van der Waals surface area (Å²) in [5.74, 6) is 0.864. The van der Waals surface area contributed by atoms with Crippen molar-refractivity contribution in [3.05, 3.63) is 48.9 Å². The molecule has 0 saturated heterocycles. The molecule has 3 aromatic heterocycles. The van der Waals surface area contributed by atoms with Gasteiger partial charge >= 0.3 is 0 Å². The quantitative estimate of drug-likeness (QED) is 0.727. The van der Waals surface area contributed by atoms with Gasteiger partial charge in [0, 0.05) is 25.1 Å². The van der Waals surface area contributed by atoms with Crippen LogP contribution < -0.4 is 5.32 Å². The number of imidazole rings is 1. The number of anilines is 1. The highest BCUT2D eigenvalue weighted by Crippen LogP contribution is 2.19. The summed E-state index contributed by atoms with van der Waals surface area (Å²) in [7, 11) is 1.90. The number of rotatable bonds is 2. The highest BCUT2D eigenvalue weighted by atomic mass is 15.0. The molecule has 0 aromatic carbocycles. The van der Waals surface area contributed by atoms with Crippen molar-refractivity contribution in [3.63, 3.8) is 0 Å². The molecular formula is C13H12N4. The van der Waals surface area contributed by atoms with Crippen LogP contribution in [-0.2, 0) is 0 Å². The second-order valence-electron chi connectivity index (χ2n) is 3.76. The Hall–Kier alpha value is -2.36. The lowest BCUT2D eigenvalue weighted by Gasteiger charge is -2.03. The molecule has 84 valence electrons. The Morgan fingerprint density at radius 3 is 2.88 bits per heavy atom. The van der Waals surface area contributed by atoms with Gasteiger partial charge in [0.15, 0.2) is 5.82 Å². The average molecular weight is 224 g/mol. The summed E-state index contributed by atoms with van der Waals surface area (Å²) in [5, 5.41) is 3.11. The number of pyridine rings is 2. The fraction of sp³-hybridized carbons (Fsp3) is 0.0769. The molecule has 0 aliphatic heterocycles. The van der Waals surface area contributed by atoms with Crippen molar-refractivity contribution in [2.45, 2.75) is 0 Å². The van der Waals surface area contributed by atoms with E-state index in [-0.39, 0.29) is 0 Å². The van der Waals surface area contributed by atoms with Crippen LogP contribution in [0.15, 0.2) is 48.9 Å². The van der Waals surface area contributed by atoms with E-state index in [0.717, 1.165) is 22.7 Å². The van der Waals surface area contributed by atoms with Crippen molar-refractivity contribution >= 4 is 11.2 Å². The Labute approximate surface area is 99.0 Å². The molecule has 3 heterocycles. The minimum Gasteiger partial charge on any atom is -0.388 e. The fourth-order valence-corrected chi connectivity index (χ4v) is 1.84. The van der Waals surface area contributed by atoms with E-state index in [1.807, 2.05) is 48.1 Å². The molecule has 0 aliphatic carbocycles. The van der Waals surface area contributed by atoms with Gasteiger partial charge in [-0.3, -0.25) is 9.38 Å². The van der Waals surface area contributed by atoms with E-state index < -0.39 is 0 Å². The van der Waals surface area contributed by atoms with Crippen LogP contribution in [0.2, 0.25) is 0 Å². The van der Waals surface area contributed by atoms with Gasteiger partial charge in [0.25, 0.3) is 0 Å². The largest absolute Gasteiger partial charge is 0.388 e. The second kappa shape index (κ2) is 3.90. The number of hydrogen-bond acceptors (Lipinski definition) is 3. The molecule has 3 rings (SSSR count). The normalized spacial score (nSPS) is 10.6. The number of fused-ring (bicyclic) bond motifs is 1. The van der Waals surface area contributed by atoms with Gasteiger partial charge in [-0.15, -0.1) is 0 Å². The second-order valence-corrected chi connectivity index (χ2v) is 3.76. The van der Waals surface area contributed by atoms with Crippen LogP contribution in [0.4, 0.5) is 5.69 Å². The minimum absolute atomic E-state index is 0.864. The molecule has 4 heteroatoms. The molecule has 0 spiro atoms. The minimum atomic E-state index is 0.864. The predicted octanol–water partition coefficient (Wildman–Crippen LogP) is 2.44. The van der Waals surface area contributed by atoms with Crippen molar-refractivity contribution in [1.82, 2.24) is 14.4 Å². The number of nitrogens with one attached hydrogen (secondary N) is 1. The number of hydrogen-bond donors (Lipinski definition) is 1. The Bertz CT molecular complexity index is 643. The summed E-state index contributed by atoms with van der Waals surface area (Å²) in [6.45, 7) is 0. The Kier molecular flexibility index (Phi) is 2.26. The zero-order chi connectivity index (χ0) is 11.7. The zero-order valence-corrected chi connectivity index (χ0v) is 9.46. The third-order valence-electron chi connectivity index (χ3n) is 2.71. The van der Waals surface area contributed by atoms with E-state index in [4.69, 9.17) is 0 Å². The van der Waals surface area contributed by atoms with Crippen molar-refractivity contribution in [2.75, 3.05) is 12.4 Å². The predicted molar refractivity (Wildman–Crippen MR) is 68.0 cm³/mol. The van der Waals surface area contributed by atoms with E-state index in [1.165, 1.54) is 0 Å². The van der Waals surface area contributed by atoms with Crippen LogP contribution in [-0.4, -0.2) is 21.4 Å². The van der Waals surface area contributed by atoms with Crippen molar-refractivity contribution < 1.29 is 0 Å². The van der Waals surface area contributed by atoms with E-state index in [1.54, 1.807) is 6.20 Å².